The summed E-state index contributed by atoms with van der Waals surface area (Å²) in [5.41, 5.74) is 2.13. The third-order valence-corrected chi connectivity index (χ3v) is 3.91. The van der Waals surface area contributed by atoms with Crippen LogP contribution < -0.4 is 9.47 Å². The maximum absolute atomic E-state index is 13.0. The topological polar surface area (TPSA) is 44.8 Å². The molecule has 0 aromatic heterocycles. The first-order chi connectivity index (χ1) is 13.2. The molecular formula is C22H19FO4. The molecule has 0 saturated heterocycles. The summed E-state index contributed by atoms with van der Waals surface area (Å²) in [4.78, 5) is 12.0. The van der Waals surface area contributed by atoms with Gasteiger partial charge < -0.3 is 14.2 Å². The standard InChI is InChI=1S/C22H19FO4/c1-25-22(24)20-12-11-19(26-14-17-7-9-18(23)10-8-17)13-21(20)27-15-16-5-3-2-4-6-16/h2-13H,14-15H2,1H3. The Hall–Kier alpha value is -3.34. The Morgan fingerprint density at radius 3 is 2.22 bits per heavy atom. The molecule has 0 unspecified atom stereocenters. The quantitative estimate of drug-likeness (QED) is 0.565. The van der Waals surface area contributed by atoms with Crippen molar-refractivity contribution in [2.45, 2.75) is 13.2 Å². The fourth-order valence-electron chi connectivity index (χ4n) is 2.47. The van der Waals surface area contributed by atoms with Gasteiger partial charge in [-0.2, -0.15) is 0 Å². The molecule has 0 fully saturated rings. The zero-order chi connectivity index (χ0) is 19.1. The van der Waals surface area contributed by atoms with Crippen LogP contribution in [0.4, 0.5) is 4.39 Å². The molecule has 0 saturated carbocycles. The molecule has 4 nitrogen and oxygen atoms in total. The number of methoxy groups -OCH3 is 1. The Morgan fingerprint density at radius 2 is 1.52 bits per heavy atom. The minimum absolute atomic E-state index is 0.274. The normalized spacial score (nSPS) is 10.3. The third-order valence-electron chi connectivity index (χ3n) is 3.91. The molecular weight excluding hydrogens is 347 g/mol. The number of hydrogen-bond acceptors (Lipinski definition) is 4. The zero-order valence-electron chi connectivity index (χ0n) is 14.9. The maximum Gasteiger partial charge on any atom is 0.341 e. The van der Waals surface area contributed by atoms with Gasteiger partial charge in [0.25, 0.3) is 0 Å². The number of benzene rings is 3. The molecule has 3 rings (SSSR count). The van der Waals surface area contributed by atoms with E-state index in [9.17, 15) is 9.18 Å². The first kappa shape index (κ1) is 18.5. The van der Waals surface area contributed by atoms with Crippen LogP contribution in [0.5, 0.6) is 11.5 Å². The number of hydrogen-bond donors (Lipinski definition) is 0. The van der Waals surface area contributed by atoms with Gasteiger partial charge in [-0.3, -0.25) is 0 Å². The summed E-state index contributed by atoms with van der Waals surface area (Å²) in [6.07, 6.45) is 0. The van der Waals surface area contributed by atoms with Crippen LogP contribution in [0, 0.1) is 5.82 Å². The molecule has 138 valence electrons. The third kappa shape index (κ3) is 5.07. The van der Waals surface area contributed by atoms with Crippen molar-refractivity contribution >= 4 is 5.97 Å². The van der Waals surface area contributed by atoms with Crippen molar-refractivity contribution in [2.75, 3.05) is 7.11 Å². The SMILES string of the molecule is COC(=O)c1ccc(OCc2ccc(F)cc2)cc1OCc1ccccc1. The van der Waals surface area contributed by atoms with Crippen molar-refractivity contribution in [1.82, 2.24) is 0 Å². The molecule has 0 atom stereocenters. The van der Waals surface area contributed by atoms with Crippen LogP contribution in [0.25, 0.3) is 0 Å². The summed E-state index contributed by atoms with van der Waals surface area (Å²) in [6.45, 7) is 0.586. The summed E-state index contributed by atoms with van der Waals surface area (Å²) in [6, 6.07) is 20.6. The average molecular weight is 366 g/mol. The van der Waals surface area contributed by atoms with E-state index in [0.717, 1.165) is 11.1 Å². The van der Waals surface area contributed by atoms with Gasteiger partial charge in [-0.25, -0.2) is 9.18 Å². The Balaban J connectivity index is 1.75. The molecule has 0 heterocycles. The van der Waals surface area contributed by atoms with E-state index in [-0.39, 0.29) is 12.4 Å². The van der Waals surface area contributed by atoms with Crippen LogP contribution in [0.3, 0.4) is 0 Å². The Bertz CT molecular complexity index is 892. The van der Waals surface area contributed by atoms with E-state index in [0.29, 0.717) is 23.7 Å². The predicted molar refractivity (Wildman–Crippen MR) is 99.3 cm³/mol. The van der Waals surface area contributed by atoms with Crippen molar-refractivity contribution < 1.29 is 23.4 Å². The molecule has 5 heteroatoms. The van der Waals surface area contributed by atoms with Crippen molar-refractivity contribution in [3.63, 3.8) is 0 Å². The summed E-state index contributed by atoms with van der Waals surface area (Å²) < 4.78 is 29.4. The van der Waals surface area contributed by atoms with Gasteiger partial charge in [0.2, 0.25) is 0 Å². The van der Waals surface area contributed by atoms with E-state index in [1.165, 1.54) is 19.2 Å². The number of ether oxygens (including phenoxy) is 3. The summed E-state index contributed by atoms with van der Waals surface area (Å²) in [5.74, 6) is 0.137. The summed E-state index contributed by atoms with van der Waals surface area (Å²) in [5, 5.41) is 0. The molecule has 3 aromatic rings. The van der Waals surface area contributed by atoms with Crippen LogP contribution in [0.1, 0.15) is 21.5 Å². The van der Waals surface area contributed by atoms with Gasteiger partial charge in [-0.15, -0.1) is 0 Å². The monoisotopic (exact) mass is 366 g/mol. The van der Waals surface area contributed by atoms with Crippen LogP contribution in [-0.4, -0.2) is 13.1 Å². The number of halogens is 1. The molecule has 0 bridgehead atoms. The van der Waals surface area contributed by atoms with Crippen molar-refractivity contribution in [1.29, 1.82) is 0 Å². The molecule has 27 heavy (non-hydrogen) atoms. The van der Waals surface area contributed by atoms with Gasteiger partial charge in [0.05, 0.1) is 7.11 Å². The fourth-order valence-corrected chi connectivity index (χ4v) is 2.47. The van der Waals surface area contributed by atoms with Crippen LogP contribution in [0.2, 0.25) is 0 Å². The van der Waals surface area contributed by atoms with Gasteiger partial charge in [-0.1, -0.05) is 42.5 Å². The first-order valence-electron chi connectivity index (χ1n) is 8.42. The van der Waals surface area contributed by atoms with E-state index >= 15 is 0 Å². The van der Waals surface area contributed by atoms with Gasteiger partial charge in [0.1, 0.15) is 36.1 Å². The predicted octanol–water partition coefficient (Wildman–Crippen LogP) is 4.77. The average Bonchev–Trinajstić information content (AvgIpc) is 2.72. The van der Waals surface area contributed by atoms with Crippen LogP contribution in [0.15, 0.2) is 72.8 Å². The van der Waals surface area contributed by atoms with Crippen LogP contribution in [-0.2, 0) is 18.0 Å². The number of esters is 1. The van der Waals surface area contributed by atoms with Gasteiger partial charge in [-0.05, 0) is 35.4 Å². The van der Waals surface area contributed by atoms with E-state index in [2.05, 4.69) is 0 Å². The number of carbonyl (C=O) groups is 1. The first-order valence-corrected chi connectivity index (χ1v) is 8.42. The molecule has 0 aliphatic heterocycles. The highest BCUT2D eigenvalue weighted by molar-refractivity contribution is 5.92. The highest BCUT2D eigenvalue weighted by Gasteiger charge is 2.15. The highest BCUT2D eigenvalue weighted by atomic mass is 19.1. The van der Waals surface area contributed by atoms with E-state index in [1.807, 2.05) is 30.3 Å². The van der Waals surface area contributed by atoms with Crippen molar-refractivity contribution in [2.24, 2.45) is 0 Å². The Labute approximate surface area is 157 Å². The van der Waals surface area contributed by atoms with Gasteiger partial charge >= 0.3 is 5.97 Å². The molecule has 0 spiro atoms. The lowest BCUT2D eigenvalue weighted by Crippen LogP contribution is -2.06. The molecule has 0 aliphatic rings. The fraction of sp³-hybridized carbons (Fsp3) is 0.136. The second-order valence-corrected chi connectivity index (χ2v) is 5.84. The van der Waals surface area contributed by atoms with Crippen molar-refractivity contribution in [3.8, 4) is 11.5 Å². The molecule has 0 radical (unpaired) electrons. The highest BCUT2D eigenvalue weighted by Crippen LogP contribution is 2.27. The van der Waals surface area contributed by atoms with E-state index < -0.39 is 5.97 Å². The minimum Gasteiger partial charge on any atom is -0.489 e. The van der Waals surface area contributed by atoms with Crippen LogP contribution >= 0.6 is 0 Å². The summed E-state index contributed by atoms with van der Waals surface area (Å²) >= 11 is 0. The largest absolute Gasteiger partial charge is 0.489 e. The lowest BCUT2D eigenvalue weighted by Gasteiger charge is -2.13. The lowest BCUT2D eigenvalue weighted by atomic mass is 10.2. The number of carbonyl (C=O) groups excluding carboxylic acids is 1. The van der Waals surface area contributed by atoms with Gasteiger partial charge in [0, 0.05) is 6.07 Å². The molecule has 0 N–H and O–H groups in total. The molecule has 0 amide bonds. The second kappa shape index (κ2) is 8.85. The Kier molecular flexibility index (Phi) is 6.05. The van der Waals surface area contributed by atoms with E-state index in [1.54, 1.807) is 30.3 Å². The molecule has 0 aliphatic carbocycles. The zero-order valence-corrected chi connectivity index (χ0v) is 14.9. The molecule has 3 aromatic carbocycles. The maximum atomic E-state index is 13.0. The Morgan fingerprint density at radius 1 is 0.852 bits per heavy atom. The smallest absolute Gasteiger partial charge is 0.341 e. The second-order valence-electron chi connectivity index (χ2n) is 5.84. The number of rotatable bonds is 7. The van der Waals surface area contributed by atoms with E-state index in [4.69, 9.17) is 14.2 Å². The minimum atomic E-state index is -0.483. The van der Waals surface area contributed by atoms with Gasteiger partial charge in [0.15, 0.2) is 0 Å². The lowest BCUT2D eigenvalue weighted by molar-refractivity contribution is 0.0595. The summed E-state index contributed by atoms with van der Waals surface area (Å²) in [7, 11) is 1.32. The van der Waals surface area contributed by atoms with Crippen molar-refractivity contribution in [3.05, 3.63) is 95.3 Å².